The summed E-state index contributed by atoms with van der Waals surface area (Å²) < 4.78 is 11.3. The molecule has 0 saturated heterocycles. The van der Waals surface area contributed by atoms with Gasteiger partial charge in [0.2, 0.25) is 11.1 Å². The first-order chi connectivity index (χ1) is 10.0. The molecule has 6 heteroatoms. The summed E-state index contributed by atoms with van der Waals surface area (Å²) in [5.41, 5.74) is 1.87. The first kappa shape index (κ1) is 13.8. The van der Waals surface area contributed by atoms with Crippen LogP contribution in [0.5, 0.6) is 6.01 Å². The topological polar surface area (TPSA) is 61.0 Å². The van der Waals surface area contributed by atoms with Crippen molar-refractivity contribution >= 4 is 22.6 Å². The SMILES string of the molecule is Cc1cccc2cc(-c3nc(Cl)nc(OC(C)C)n3)oc12. The molecule has 0 amide bonds. The standard InChI is InChI=1S/C15H14ClN3O2/c1-8(2)20-15-18-13(17-14(16)19-15)11-7-10-6-4-5-9(3)12(10)21-11/h4-8H,1-3H3. The van der Waals surface area contributed by atoms with E-state index in [2.05, 4.69) is 15.0 Å². The second-order valence-electron chi connectivity index (χ2n) is 4.98. The zero-order valence-electron chi connectivity index (χ0n) is 11.9. The fraction of sp³-hybridized carbons (Fsp3) is 0.267. The van der Waals surface area contributed by atoms with Crippen molar-refractivity contribution in [2.45, 2.75) is 26.9 Å². The van der Waals surface area contributed by atoms with E-state index in [0.29, 0.717) is 11.6 Å². The highest BCUT2D eigenvalue weighted by molar-refractivity contribution is 6.28. The molecule has 3 rings (SSSR count). The van der Waals surface area contributed by atoms with Gasteiger partial charge in [-0.25, -0.2) is 0 Å². The van der Waals surface area contributed by atoms with Crippen molar-refractivity contribution in [2.24, 2.45) is 0 Å². The molecule has 2 aromatic heterocycles. The minimum Gasteiger partial charge on any atom is -0.461 e. The monoisotopic (exact) mass is 303 g/mol. The molecule has 0 bridgehead atoms. The minimum atomic E-state index is -0.0470. The zero-order chi connectivity index (χ0) is 15.0. The highest BCUT2D eigenvalue weighted by atomic mass is 35.5. The highest BCUT2D eigenvalue weighted by Gasteiger charge is 2.14. The van der Waals surface area contributed by atoms with Crippen molar-refractivity contribution in [1.29, 1.82) is 0 Å². The van der Waals surface area contributed by atoms with E-state index in [1.54, 1.807) is 0 Å². The maximum absolute atomic E-state index is 5.93. The zero-order valence-corrected chi connectivity index (χ0v) is 12.7. The first-order valence-corrected chi connectivity index (χ1v) is 6.98. The molecule has 0 fully saturated rings. The number of nitrogens with zero attached hydrogens (tertiary/aromatic N) is 3. The van der Waals surface area contributed by atoms with Crippen LogP contribution in [0.15, 0.2) is 28.7 Å². The summed E-state index contributed by atoms with van der Waals surface area (Å²) in [6.45, 7) is 5.77. The van der Waals surface area contributed by atoms with Crippen LogP contribution in [-0.2, 0) is 0 Å². The Kier molecular flexibility index (Phi) is 3.51. The Labute approximate surface area is 127 Å². The van der Waals surface area contributed by atoms with Crippen LogP contribution in [0.4, 0.5) is 0 Å². The largest absolute Gasteiger partial charge is 0.461 e. The van der Waals surface area contributed by atoms with E-state index in [1.165, 1.54) is 0 Å². The van der Waals surface area contributed by atoms with Crippen LogP contribution >= 0.6 is 11.6 Å². The summed E-state index contributed by atoms with van der Waals surface area (Å²) >= 11 is 5.93. The molecule has 0 unspecified atom stereocenters. The molecule has 0 aliphatic rings. The van der Waals surface area contributed by atoms with Gasteiger partial charge in [-0.1, -0.05) is 18.2 Å². The lowest BCUT2D eigenvalue weighted by molar-refractivity contribution is 0.221. The molecule has 0 aliphatic carbocycles. The molecular weight excluding hydrogens is 290 g/mol. The molecule has 108 valence electrons. The lowest BCUT2D eigenvalue weighted by Gasteiger charge is -2.07. The lowest BCUT2D eigenvalue weighted by atomic mass is 10.2. The molecule has 0 atom stereocenters. The van der Waals surface area contributed by atoms with Gasteiger partial charge >= 0.3 is 6.01 Å². The average Bonchev–Trinajstić information content (AvgIpc) is 2.82. The fourth-order valence-electron chi connectivity index (χ4n) is 2.02. The smallest absolute Gasteiger partial charge is 0.321 e. The van der Waals surface area contributed by atoms with Crippen LogP contribution in [0.2, 0.25) is 5.28 Å². The van der Waals surface area contributed by atoms with Gasteiger partial charge in [0.1, 0.15) is 5.58 Å². The Morgan fingerprint density at radius 3 is 2.71 bits per heavy atom. The third kappa shape index (κ3) is 2.83. The number of rotatable bonds is 3. The van der Waals surface area contributed by atoms with Crippen LogP contribution in [-0.4, -0.2) is 21.1 Å². The van der Waals surface area contributed by atoms with Crippen LogP contribution in [0.3, 0.4) is 0 Å². The van der Waals surface area contributed by atoms with Gasteiger partial charge in [-0.05, 0) is 44.0 Å². The van der Waals surface area contributed by atoms with E-state index < -0.39 is 0 Å². The van der Waals surface area contributed by atoms with Gasteiger partial charge in [0, 0.05) is 5.39 Å². The Morgan fingerprint density at radius 1 is 1.19 bits per heavy atom. The van der Waals surface area contributed by atoms with Crippen LogP contribution in [0.25, 0.3) is 22.6 Å². The highest BCUT2D eigenvalue weighted by Crippen LogP contribution is 2.28. The lowest BCUT2D eigenvalue weighted by Crippen LogP contribution is -2.09. The number of fused-ring (bicyclic) bond motifs is 1. The van der Waals surface area contributed by atoms with E-state index in [0.717, 1.165) is 16.5 Å². The average molecular weight is 304 g/mol. The Bertz CT molecular complexity index is 799. The van der Waals surface area contributed by atoms with E-state index in [9.17, 15) is 0 Å². The number of halogens is 1. The summed E-state index contributed by atoms with van der Waals surface area (Å²) in [6, 6.07) is 8.02. The summed E-state index contributed by atoms with van der Waals surface area (Å²) in [5, 5.41) is 1.07. The summed E-state index contributed by atoms with van der Waals surface area (Å²) in [7, 11) is 0. The summed E-state index contributed by atoms with van der Waals surface area (Å²) in [6.07, 6.45) is -0.0470. The second kappa shape index (κ2) is 5.33. The van der Waals surface area contributed by atoms with Gasteiger partial charge in [0.15, 0.2) is 5.76 Å². The van der Waals surface area contributed by atoms with Crippen LogP contribution < -0.4 is 4.74 Å². The van der Waals surface area contributed by atoms with E-state index >= 15 is 0 Å². The Morgan fingerprint density at radius 2 is 2.00 bits per heavy atom. The predicted molar refractivity (Wildman–Crippen MR) is 80.5 cm³/mol. The van der Waals surface area contributed by atoms with Crippen molar-refractivity contribution in [3.63, 3.8) is 0 Å². The van der Waals surface area contributed by atoms with E-state index in [4.69, 9.17) is 20.8 Å². The molecule has 0 saturated carbocycles. The molecule has 2 heterocycles. The third-order valence-corrected chi connectivity index (χ3v) is 3.06. The van der Waals surface area contributed by atoms with Crippen LogP contribution in [0, 0.1) is 6.92 Å². The molecule has 0 radical (unpaired) electrons. The van der Waals surface area contributed by atoms with Crippen molar-refractivity contribution in [3.05, 3.63) is 35.1 Å². The maximum atomic E-state index is 5.93. The number of ether oxygens (including phenoxy) is 1. The van der Waals surface area contributed by atoms with E-state index in [1.807, 2.05) is 45.0 Å². The second-order valence-corrected chi connectivity index (χ2v) is 5.32. The minimum absolute atomic E-state index is 0.0470. The summed E-state index contributed by atoms with van der Waals surface area (Å²) in [5.74, 6) is 0.901. The van der Waals surface area contributed by atoms with E-state index in [-0.39, 0.29) is 17.4 Å². The number of aromatic nitrogens is 3. The van der Waals surface area contributed by atoms with Gasteiger partial charge in [-0.3, -0.25) is 0 Å². The quantitative estimate of drug-likeness (QED) is 0.731. The van der Waals surface area contributed by atoms with Crippen molar-refractivity contribution < 1.29 is 9.15 Å². The van der Waals surface area contributed by atoms with Gasteiger partial charge in [0.05, 0.1) is 6.10 Å². The van der Waals surface area contributed by atoms with Crippen molar-refractivity contribution in [2.75, 3.05) is 0 Å². The number of aryl methyl sites for hydroxylation is 1. The molecule has 3 aromatic rings. The molecule has 5 nitrogen and oxygen atoms in total. The molecular formula is C15H14ClN3O2. The fourth-order valence-corrected chi connectivity index (χ4v) is 2.18. The molecule has 0 aliphatic heterocycles. The predicted octanol–water partition coefficient (Wildman–Crippen LogP) is 4.03. The number of benzene rings is 1. The Hall–Kier alpha value is -2.14. The number of furan rings is 1. The van der Waals surface area contributed by atoms with Gasteiger partial charge in [0.25, 0.3) is 0 Å². The summed E-state index contributed by atoms with van der Waals surface area (Å²) in [4.78, 5) is 12.3. The Balaban J connectivity index is 2.09. The third-order valence-electron chi connectivity index (χ3n) is 2.89. The van der Waals surface area contributed by atoms with Gasteiger partial charge in [-0.15, -0.1) is 0 Å². The normalized spacial score (nSPS) is 11.3. The molecule has 1 aromatic carbocycles. The van der Waals surface area contributed by atoms with Crippen LogP contribution in [0.1, 0.15) is 19.4 Å². The van der Waals surface area contributed by atoms with Crippen molar-refractivity contribution in [3.8, 4) is 17.6 Å². The van der Waals surface area contributed by atoms with Gasteiger partial charge < -0.3 is 9.15 Å². The molecule has 0 spiro atoms. The van der Waals surface area contributed by atoms with Crippen molar-refractivity contribution in [1.82, 2.24) is 15.0 Å². The molecule has 0 N–H and O–H groups in total. The molecule has 21 heavy (non-hydrogen) atoms. The number of hydrogen-bond acceptors (Lipinski definition) is 5. The van der Waals surface area contributed by atoms with Gasteiger partial charge in [-0.2, -0.15) is 15.0 Å². The first-order valence-electron chi connectivity index (χ1n) is 6.60. The number of hydrogen-bond donors (Lipinski definition) is 0. The maximum Gasteiger partial charge on any atom is 0.321 e. The number of para-hydroxylation sites is 1.